The summed E-state index contributed by atoms with van der Waals surface area (Å²) in [6, 6.07) is 11.0. The predicted molar refractivity (Wildman–Crippen MR) is 117 cm³/mol. The third kappa shape index (κ3) is 4.42. The Morgan fingerprint density at radius 1 is 1.10 bits per heavy atom. The molecule has 8 nitrogen and oxygen atoms in total. The van der Waals surface area contributed by atoms with Crippen molar-refractivity contribution >= 4 is 29.3 Å². The molecule has 4 rings (SSSR count). The molecular weight excluding hydrogens is 380 g/mol. The van der Waals surface area contributed by atoms with Gasteiger partial charge in [0.2, 0.25) is 17.8 Å². The topological polar surface area (TPSA) is 89.9 Å². The summed E-state index contributed by atoms with van der Waals surface area (Å²) in [5.41, 5.74) is 2.86. The van der Waals surface area contributed by atoms with Gasteiger partial charge in [-0.05, 0) is 37.6 Å². The van der Waals surface area contributed by atoms with E-state index in [0.717, 1.165) is 35.7 Å². The highest BCUT2D eigenvalue weighted by Gasteiger charge is 2.31. The van der Waals surface area contributed by atoms with Crippen molar-refractivity contribution in [3.63, 3.8) is 0 Å². The number of carbonyl (C=O) groups is 2. The Morgan fingerprint density at radius 3 is 2.57 bits per heavy atom. The second-order valence-electron chi connectivity index (χ2n) is 7.69. The molecule has 1 unspecified atom stereocenters. The van der Waals surface area contributed by atoms with Gasteiger partial charge in [-0.15, -0.1) is 0 Å². The smallest absolute Gasteiger partial charge is 0.249 e. The van der Waals surface area contributed by atoms with Gasteiger partial charge in [0.25, 0.3) is 0 Å². The second-order valence-corrected chi connectivity index (χ2v) is 7.69. The highest BCUT2D eigenvalue weighted by molar-refractivity contribution is 6.06. The molecule has 30 heavy (non-hydrogen) atoms. The van der Waals surface area contributed by atoms with Crippen LogP contribution in [0.1, 0.15) is 17.5 Å². The van der Waals surface area contributed by atoms with Crippen LogP contribution >= 0.6 is 0 Å². The van der Waals surface area contributed by atoms with Crippen molar-refractivity contribution in [3.8, 4) is 0 Å². The number of carbonyl (C=O) groups excluding carboxylic acids is 2. The minimum atomic E-state index is -0.733. The molecule has 0 spiro atoms. The highest BCUT2D eigenvalue weighted by Crippen LogP contribution is 2.18. The number of hydrogen-bond acceptors (Lipinski definition) is 6. The molecule has 1 aromatic carbocycles. The van der Waals surface area contributed by atoms with Crippen molar-refractivity contribution in [1.82, 2.24) is 15.2 Å². The maximum atomic E-state index is 12.8. The van der Waals surface area contributed by atoms with Gasteiger partial charge in [0, 0.05) is 38.1 Å². The Balaban J connectivity index is 1.42. The van der Waals surface area contributed by atoms with Gasteiger partial charge in [-0.3, -0.25) is 14.9 Å². The maximum absolute atomic E-state index is 12.8. The van der Waals surface area contributed by atoms with Crippen molar-refractivity contribution in [3.05, 3.63) is 53.7 Å². The van der Waals surface area contributed by atoms with Gasteiger partial charge in [0.15, 0.2) is 0 Å². The molecule has 2 N–H and O–H groups in total. The highest BCUT2D eigenvalue weighted by atomic mass is 16.2. The lowest BCUT2D eigenvalue weighted by Gasteiger charge is -2.38. The van der Waals surface area contributed by atoms with Crippen LogP contribution in [-0.2, 0) is 9.59 Å². The van der Waals surface area contributed by atoms with Crippen LogP contribution in [-0.4, -0.2) is 59.9 Å². The van der Waals surface area contributed by atoms with E-state index >= 15 is 0 Å². The number of hydrogen-bond donors (Lipinski definition) is 2. The van der Waals surface area contributed by atoms with E-state index in [0.29, 0.717) is 19.0 Å². The SMILES string of the molecule is Cc1ccc(NC(=O)C2CC(=O)NC(N3CCN(c4ccccn4)CC3)=N2)c(C)c1. The lowest BCUT2D eigenvalue weighted by molar-refractivity contribution is -0.125. The summed E-state index contributed by atoms with van der Waals surface area (Å²) in [7, 11) is 0. The second kappa shape index (κ2) is 8.52. The van der Waals surface area contributed by atoms with E-state index in [1.165, 1.54) is 0 Å². The number of amides is 2. The van der Waals surface area contributed by atoms with Crippen LogP contribution in [0.2, 0.25) is 0 Å². The fraction of sp³-hybridized carbons (Fsp3) is 0.364. The number of guanidine groups is 1. The summed E-state index contributed by atoms with van der Waals surface area (Å²) >= 11 is 0. The van der Waals surface area contributed by atoms with Crippen LogP contribution < -0.4 is 15.5 Å². The van der Waals surface area contributed by atoms with Crippen molar-refractivity contribution in [2.24, 2.45) is 4.99 Å². The summed E-state index contributed by atoms with van der Waals surface area (Å²) in [5.74, 6) is 0.972. The van der Waals surface area contributed by atoms with E-state index in [1.54, 1.807) is 6.20 Å². The molecule has 0 radical (unpaired) electrons. The molecule has 2 aliphatic heterocycles. The van der Waals surface area contributed by atoms with Crippen molar-refractivity contribution in [1.29, 1.82) is 0 Å². The van der Waals surface area contributed by atoms with Crippen LogP contribution in [0.5, 0.6) is 0 Å². The first-order chi connectivity index (χ1) is 14.5. The van der Waals surface area contributed by atoms with Crippen molar-refractivity contribution < 1.29 is 9.59 Å². The Hall–Kier alpha value is -3.42. The number of benzene rings is 1. The zero-order valence-electron chi connectivity index (χ0n) is 17.3. The fourth-order valence-corrected chi connectivity index (χ4v) is 3.75. The average Bonchev–Trinajstić information content (AvgIpc) is 2.76. The first-order valence-corrected chi connectivity index (χ1v) is 10.2. The van der Waals surface area contributed by atoms with Gasteiger partial charge < -0.3 is 15.1 Å². The summed E-state index contributed by atoms with van der Waals surface area (Å²) in [6.07, 6.45) is 1.83. The van der Waals surface area contributed by atoms with E-state index in [1.807, 2.05) is 55.1 Å². The Kier molecular flexibility index (Phi) is 5.65. The molecule has 156 valence electrons. The van der Waals surface area contributed by atoms with Gasteiger partial charge in [0.1, 0.15) is 11.9 Å². The Morgan fingerprint density at radius 2 is 1.87 bits per heavy atom. The molecule has 3 heterocycles. The Bertz CT molecular complexity index is 967. The number of rotatable bonds is 3. The van der Waals surface area contributed by atoms with Crippen LogP contribution in [0.25, 0.3) is 0 Å². The standard InChI is InChI=1S/C22H26N6O2/c1-15-6-7-17(16(2)13-15)24-21(30)18-14-20(29)26-22(25-18)28-11-9-27(10-12-28)19-5-3-4-8-23-19/h3-8,13,18H,9-12,14H2,1-2H3,(H,24,30)(H,25,26,29). The molecule has 0 bridgehead atoms. The number of anilines is 2. The van der Waals surface area contributed by atoms with Crippen LogP contribution in [0.15, 0.2) is 47.6 Å². The van der Waals surface area contributed by atoms with Crippen LogP contribution in [0.3, 0.4) is 0 Å². The molecule has 1 saturated heterocycles. The zero-order chi connectivity index (χ0) is 21.1. The van der Waals surface area contributed by atoms with Gasteiger partial charge in [-0.1, -0.05) is 23.8 Å². The van der Waals surface area contributed by atoms with Crippen molar-refractivity contribution in [2.75, 3.05) is 36.4 Å². The molecule has 0 aliphatic carbocycles. The summed E-state index contributed by atoms with van der Waals surface area (Å²) in [4.78, 5) is 38.2. The molecule has 2 aromatic rings. The van der Waals surface area contributed by atoms with Crippen LogP contribution in [0.4, 0.5) is 11.5 Å². The Labute approximate surface area is 176 Å². The largest absolute Gasteiger partial charge is 0.353 e. The van der Waals surface area contributed by atoms with Crippen LogP contribution in [0, 0.1) is 13.8 Å². The summed E-state index contributed by atoms with van der Waals surface area (Å²) in [6.45, 7) is 6.89. The molecule has 8 heteroatoms. The number of aliphatic imine (C=N–C) groups is 1. The van der Waals surface area contributed by atoms with Gasteiger partial charge in [-0.2, -0.15) is 0 Å². The number of pyridine rings is 1. The molecule has 1 atom stereocenters. The predicted octanol–water partition coefficient (Wildman–Crippen LogP) is 1.70. The molecule has 2 aliphatic rings. The van der Waals surface area contributed by atoms with Gasteiger partial charge in [0.05, 0.1) is 6.42 Å². The monoisotopic (exact) mass is 406 g/mol. The molecule has 1 aromatic heterocycles. The number of aromatic nitrogens is 1. The lowest BCUT2D eigenvalue weighted by Crippen LogP contribution is -2.56. The summed E-state index contributed by atoms with van der Waals surface area (Å²) in [5, 5.41) is 5.75. The first-order valence-electron chi connectivity index (χ1n) is 10.2. The molecule has 2 amide bonds. The van der Waals surface area contributed by atoms with Crippen molar-refractivity contribution in [2.45, 2.75) is 26.3 Å². The minimum Gasteiger partial charge on any atom is -0.353 e. The zero-order valence-corrected chi connectivity index (χ0v) is 17.3. The van der Waals surface area contributed by atoms with E-state index < -0.39 is 6.04 Å². The van der Waals surface area contributed by atoms with Gasteiger partial charge >= 0.3 is 0 Å². The minimum absolute atomic E-state index is 0.0497. The quantitative estimate of drug-likeness (QED) is 0.810. The maximum Gasteiger partial charge on any atom is 0.249 e. The third-order valence-corrected chi connectivity index (χ3v) is 5.40. The average molecular weight is 406 g/mol. The number of nitrogens with one attached hydrogen (secondary N) is 2. The third-order valence-electron chi connectivity index (χ3n) is 5.40. The number of nitrogens with zero attached hydrogens (tertiary/aromatic N) is 4. The summed E-state index contributed by atoms with van der Waals surface area (Å²) < 4.78 is 0. The lowest BCUT2D eigenvalue weighted by atomic mass is 10.1. The number of aryl methyl sites for hydroxylation is 2. The van der Waals surface area contributed by atoms with E-state index in [-0.39, 0.29) is 18.2 Å². The fourth-order valence-electron chi connectivity index (χ4n) is 3.75. The normalized spacial score (nSPS) is 19.2. The van der Waals surface area contributed by atoms with E-state index in [4.69, 9.17) is 0 Å². The molecule has 0 saturated carbocycles. The van der Waals surface area contributed by atoms with E-state index in [9.17, 15) is 9.59 Å². The molecule has 1 fully saturated rings. The molecular formula is C22H26N6O2. The van der Waals surface area contributed by atoms with Gasteiger partial charge in [-0.25, -0.2) is 9.98 Å². The van der Waals surface area contributed by atoms with E-state index in [2.05, 4.69) is 25.5 Å². The first kappa shape index (κ1) is 19.9. The number of piperazine rings is 1.